The van der Waals surface area contributed by atoms with E-state index in [1.165, 1.54) is 95.9 Å². The third-order valence-electron chi connectivity index (χ3n) is 12.3. The second-order valence-electron chi connectivity index (χ2n) is 15.2. The Labute approximate surface area is 341 Å². The lowest BCUT2D eigenvalue weighted by Gasteiger charge is -2.35. The minimum Gasteiger partial charge on any atom is -0.309 e. The number of hydrogen-bond acceptors (Lipinski definition) is 1. The van der Waals surface area contributed by atoms with E-state index in [-0.39, 0.29) is 0 Å². The molecule has 0 aliphatic carbocycles. The zero-order chi connectivity index (χ0) is 38.2. The first-order chi connectivity index (χ1) is 28.8. The van der Waals surface area contributed by atoms with Crippen LogP contribution in [0.1, 0.15) is 0 Å². The van der Waals surface area contributed by atoms with Gasteiger partial charge in [0.1, 0.15) is 0 Å². The summed E-state index contributed by atoms with van der Waals surface area (Å²) in [5, 5.41) is 13.2. The summed E-state index contributed by atoms with van der Waals surface area (Å²) in [5.74, 6) is 0. The Bertz CT molecular complexity index is 3450. The Morgan fingerprint density at radius 3 is 1.45 bits per heavy atom. The summed E-state index contributed by atoms with van der Waals surface area (Å²) in [6, 6.07) is 81.5. The molecule has 0 spiro atoms. The molecular formula is C54H36N2SSi. The molecule has 12 rings (SSSR count). The fourth-order valence-corrected chi connectivity index (χ4v) is 15.9. The lowest BCUT2D eigenvalue weighted by Crippen LogP contribution is -2.75. The van der Waals surface area contributed by atoms with Gasteiger partial charge in [-0.3, -0.25) is 0 Å². The van der Waals surface area contributed by atoms with Gasteiger partial charge >= 0.3 is 0 Å². The molecule has 0 saturated carbocycles. The number of thiophene rings is 1. The normalized spacial score (nSPS) is 12.1. The second kappa shape index (κ2) is 13.0. The van der Waals surface area contributed by atoms with Gasteiger partial charge in [0.05, 0.1) is 22.1 Å². The predicted octanol–water partition coefficient (Wildman–Crippen LogP) is 11.6. The summed E-state index contributed by atoms with van der Waals surface area (Å²) in [6.07, 6.45) is 0. The van der Waals surface area contributed by atoms with E-state index < -0.39 is 8.07 Å². The largest absolute Gasteiger partial charge is 0.309 e. The Hall–Kier alpha value is -6.98. The highest BCUT2D eigenvalue weighted by Crippen LogP contribution is 2.43. The van der Waals surface area contributed by atoms with Crippen LogP contribution in [-0.2, 0) is 0 Å². The quantitative estimate of drug-likeness (QED) is 0.118. The number of aromatic nitrogens is 2. The highest BCUT2D eigenvalue weighted by molar-refractivity contribution is 7.26. The fraction of sp³-hybridized carbons (Fsp3) is 0. The van der Waals surface area contributed by atoms with Gasteiger partial charge < -0.3 is 9.13 Å². The smallest absolute Gasteiger partial charge is 0.181 e. The Kier molecular flexibility index (Phi) is 7.46. The molecule has 0 bridgehead atoms. The summed E-state index contributed by atoms with van der Waals surface area (Å²) in [4.78, 5) is 0. The molecule has 0 aliphatic rings. The van der Waals surface area contributed by atoms with Crippen molar-refractivity contribution in [3.63, 3.8) is 0 Å². The van der Waals surface area contributed by atoms with E-state index in [1.54, 1.807) is 0 Å². The number of hydrogen-bond donors (Lipinski definition) is 0. The predicted molar refractivity (Wildman–Crippen MR) is 252 cm³/mol. The van der Waals surface area contributed by atoms with Crippen molar-refractivity contribution in [1.82, 2.24) is 9.13 Å². The third kappa shape index (κ3) is 4.70. The van der Waals surface area contributed by atoms with Crippen molar-refractivity contribution in [3.8, 4) is 11.4 Å². The van der Waals surface area contributed by atoms with Gasteiger partial charge in [0.15, 0.2) is 8.07 Å². The maximum Gasteiger partial charge on any atom is 0.181 e. The Balaban J connectivity index is 1.19. The maximum absolute atomic E-state index is 3.00. The van der Waals surface area contributed by atoms with Crippen molar-refractivity contribution in [2.24, 2.45) is 0 Å². The van der Waals surface area contributed by atoms with Gasteiger partial charge in [-0.2, -0.15) is 0 Å². The molecule has 0 aliphatic heterocycles. The summed E-state index contributed by atoms with van der Waals surface area (Å²) < 4.78 is 7.66. The molecule has 0 N–H and O–H groups in total. The average molecular weight is 773 g/mol. The van der Waals surface area contributed by atoms with Crippen LogP contribution in [0.3, 0.4) is 0 Å². The molecule has 0 radical (unpaired) electrons. The summed E-state index contributed by atoms with van der Waals surface area (Å²) in [6.45, 7) is 0. The maximum atomic E-state index is 2.51. The molecule has 0 unspecified atom stereocenters. The van der Waals surface area contributed by atoms with Crippen molar-refractivity contribution in [2.75, 3.05) is 0 Å². The third-order valence-corrected chi connectivity index (χ3v) is 18.2. The zero-order valence-corrected chi connectivity index (χ0v) is 33.4. The van der Waals surface area contributed by atoms with Crippen LogP contribution in [0.15, 0.2) is 218 Å². The van der Waals surface area contributed by atoms with E-state index in [0.717, 1.165) is 0 Å². The van der Waals surface area contributed by atoms with Crippen LogP contribution in [-0.4, -0.2) is 17.2 Å². The molecule has 2 nitrogen and oxygen atoms in total. The zero-order valence-electron chi connectivity index (χ0n) is 31.6. The summed E-state index contributed by atoms with van der Waals surface area (Å²) in [7, 11) is -3.00. The van der Waals surface area contributed by atoms with Crippen LogP contribution >= 0.6 is 11.3 Å². The van der Waals surface area contributed by atoms with E-state index in [0.29, 0.717) is 0 Å². The number of benzene rings is 9. The molecule has 58 heavy (non-hydrogen) atoms. The second-order valence-corrected chi connectivity index (χ2v) is 20.1. The summed E-state index contributed by atoms with van der Waals surface area (Å²) in [5.41, 5.74) is 7.31. The highest BCUT2D eigenvalue weighted by atomic mass is 32.1. The molecule has 4 heteroatoms. The standard InChI is InChI=1S/C54H36N2SSi/c1-4-17-37(18-5-1)55-47-27-13-10-23-42(47)44-26-16-30-51(53(44)55)58(39-19-6-2-7-20-39,40-21-8-3-9-22-40)41-33-31-38(32-34-41)56-48-28-14-11-24-43(48)45-35-36-50-52(54(45)56)46-25-12-15-29-49(46)57-50/h1-36H. The SMILES string of the molecule is c1ccc(-n2c3ccccc3c3cccc([Si](c4ccccc4)(c4ccccc4)c4ccc(-n5c6ccccc6c6ccc7sc8ccccc8c7c65)cc4)c32)cc1. The minimum atomic E-state index is -3.00. The molecule has 0 saturated heterocycles. The van der Waals surface area contributed by atoms with Gasteiger partial charge in [-0.25, -0.2) is 0 Å². The van der Waals surface area contributed by atoms with E-state index in [4.69, 9.17) is 0 Å². The first-order valence-electron chi connectivity index (χ1n) is 19.9. The summed E-state index contributed by atoms with van der Waals surface area (Å²) >= 11 is 1.88. The van der Waals surface area contributed by atoms with Gasteiger partial charge in [0, 0.05) is 53.1 Å². The van der Waals surface area contributed by atoms with E-state index in [2.05, 4.69) is 228 Å². The molecule has 9 aromatic carbocycles. The van der Waals surface area contributed by atoms with Crippen molar-refractivity contribution in [2.45, 2.75) is 0 Å². The fourth-order valence-electron chi connectivity index (χ4n) is 9.90. The van der Waals surface area contributed by atoms with Crippen molar-refractivity contribution < 1.29 is 0 Å². The Morgan fingerprint density at radius 1 is 0.310 bits per heavy atom. The van der Waals surface area contributed by atoms with E-state index in [9.17, 15) is 0 Å². The number of para-hydroxylation sites is 4. The van der Waals surface area contributed by atoms with Crippen molar-refractivity contribution in [3.05, 3.63) is 218 Å². The molecule has 0 atom stereocenters. The lowest BCUT2D eigenvalue weighted by atomic mass is 10.1. The molecule has 3 aromatic heterocycles. The number of rotatable bonds is 6. The van der Waals surface area contributed by atoms with Crippen LogP contribution in [0, 0.1) is 0 Å². The van der Waals surface area contributed by atoms with E-state index in [1.807, 2.05) is 11.3 Å². The number of nitrogens with zero attached hydrogens (tertiary/aromatic N) is 2. The molecule has 272 valence electrons. The Morgan fingerprint density at radius 2 is 0.793 bits per heavy atom. The van der Waals surface area contributed by atoms with Crippen molar-refractivity contribution in [1.29, 1.82) is 0 Å². The van der Waals surface area contributed by atoms with Gasteiger partial charge in [-0.05, 0) is 69.3 Å². The minimum absolute atomic E-state index is 1.17. The van der Waals surface area contributed by atoms with Gasteiger partial charge in [-0.15, -0.1) is 11.3 Å². The van der Waals surface area contributed by atoms with Gasteiger partial charge in [0.25, 0.3) is 0 Å². The van der Waals surface area contributed by atoms with Crippen molar-refractivity contribution >= 4 is 104 Å². The number of fused-ring (bicyclic) bond motifs is 10. The monoisotopic (exact) mass is 772 g/mol. The van der Waals surface area contributed by atoms with Crippen LogP contribution in [0.4, 0.5) is 0 Å². The van der Waals surface area contributed by atoms with E-state index >= 15 is 0 Å². The van der Waals surface area contributed by atoms with Crippen LogP contribution in [0.5, 0.6) is 0 Å². The first kappa shape index (κ1) is 33.2. The average Bonchev–Trinajstić information content (AvgIpc) is 3.96. The molecule has 0 amide bonds. The van der Waals surface area contributed by atoms with Crippen LogP contribution in [0.2, 0.25) is 0 Å². The topological polar surface area (TPSA) is 9.86 Å². The molecule has 3 heterocycles. The van der Waals surface area contributed by atoms with Crippen LogP contribution < -0.4 is 20.7 Å². The molecular weight excluding hydrogens is 737 g/mol. The van der Waals surface area contributed by atoms with Gasteiger partial charge in [0.2, 0.25) is 0 Å². The van der Waals surface area contributed by atoms with Crippen LogP contribution in [0.25, 0.3) is 75.2 Å². The molecule has 12 aromatic rings. The highest BCUT2D eigenvalue weighted by Gasteiger charge is 2.43. The first-order valence-corrected chi connectivity index (χ1v) is 22.8. The lowest BCUT2D eigenvalue weighted by molar-refractivity contribution is 1.18. The molecule has 0 fully saturated rings. The van der Waals surface area contributed by atoms with Gasteiger partial charge in [-0.1, -0.05) is 170 Å².